The smallest absolute Gasteiger partial charge is 0.310 e. The number of rotatable bonds is 52. The molecule has 6 nitrogen and oxygen atoms in total. The van der Waals surface area contributed by atoms with Crippen LogP contribution in [0.5, 0.6) is 0 Å². The maximum Gasteiger partial charge on any atom is 0.310 e. The van der Waals surface area contributed by atoms with Gasteiger partial charge >= 0.3 is 17.9 Å². The molecule has 0 aliphatic heterocycles. The molecule has 424 valence electrons. The summed E-state index contributed by atoms with van der Waals surface area (Å²) in [4.78, 5) is 38.0. The lowest BCUT2D eigenvalue weighted by atomic mass is 10.1. The van der Waals surface area contributed by atoms with Gasteiger partial charge in [0.05, 0.1) is 6.42 Å². The van der Waals surface area contributed by atoms with E-state index in [0.717, 1.165) is 141 Å². The Morgan fingerprint density at radius 3 is 0.868 bits per heavy atom. The van der Waals surface area contributed by atoms with Crippen molar-refractivity contribution < 1.29 is 28.6 Å². The Morgan fingerprint density at radius 1 is 0.289 bits per heavy atom. The number of hydrogen-bond donors (Lipinski definition) is 0. The summed E-state index contributed by atoms with van der Waals surface area (Å²) in [6, 6.07) is 0. The highest BCUT2D eigenvalue weighted by atomic mass is 16.6. The van der Waals surface area contributed by atoms with Crippen molar-refractivity contribution in [1.29, 1.82) is 0 Å². The predicted molar refractivity (Wildman–Crippen MR) is 329 cm³/mol. The summed E-state index contributed by atoms with van der Waals surface area (Å²) < 4.78 is 16.7. The average Bonchev–Trinajstić information content (AvgIpc) is 3.42. The van der Waals surface area contributed by atoms with E-state index in [1.165, 1.54) is 44.9 Å². The van der Waals surface area contributed by atoms with Crippen LogP contribution in [0.15, 0.2) is 170 Å². The molecular formula is C70H108O6. The van der Waals surface area contributed by atoms with Crippen molar-refractivity contribution in [3.8, 4) is 0 Å². The van der Waals surface area contributed by atoms with Crippen molar-refractivity contribution >= 4 is 17.9 Å². The summed E-state index contributed by atoms with van der Waals surface area (Å²) >= 11 is 0. The van der Waals surface area contributed by atoms with Crippen molar-refractivity contribution in [1.82, 2.24) is 0 Å². The number of ether oxygens (including phenoxy) is 3. The van der Waals surface area contributed by atoms with Gasteiger partial charge in [0, 0.05) is 12.8 Å². The minimum atomic E-state index is -0.846. The Bertz CT molecular complexity index is 1770. The highest BCUT2D eigenvalue weighted by molar-refractivity contribution is 5.72. The second kappa shape index (κ2) is 62.3. The first kappa shape index (κ1) is 70.8. The number of carbonyl (C=O) groups excluding carboxylic acids is 3. The van der Waals surface area contributed by atoms with Gasteiger partial charge in [0.1, 0.15) is 13.2 Å². The first-order valence-electron chi connectivity index (χ1n) is 30.1. The highest BCUT2D eigenvalue weighted by Crippen LogP contribution is 2.13. The highest BCUT2D eigenvalue weighted by Gasteiger charge is 2.19. The Hall–Kier alpha value is -5.23. The van der Waals surface area contributed by atoms with Crippen LogP contribution in [0.2, 0.25) is 0 Å². The first-order valence-corrected chi connectivity index (χ1v) is 30.1. The molecule has 0 rings (SSSR count). The van der Waals surface area contributed by atoms with E-state index < -0.39 is 12.1 Å². The molecule has 1 unspecified atom stereocenters. The average molecular weight is 1050 g/mol. The second-order valence-electron chi connectivity index (χ2n) is 19.2. The molecule has 0 saturated heterocycles. The van der Waals surface area contributed by atoms with Crippen molar-refractivity contribution in [2.24, 2.45) is 0 Å². The Morgan fingerprint density at radius 2 is 0.553 bits per heavy atom. The van der Waals surface area contributed by atoms with E-state index in [1.807, 2.05) is 6.08 Å². The lowest BCUT2D eigenvalue weighted by Crippen LogP contribution is -2.30. The zero-order valence-electron chi connectivity index (χ0n) is 48.4. The van der Waals surface area contributed by atoms with Gasteiger partial charge in [-0.3, -0.25) is 14.4 Å². The molecule has 0 N–H and O–H groups in total. The summed E-state index contributed by atoms with van der Waals surface area (Å²) in [6.07, 6.45) is 92.4. The molecular weight excluding hydrogens is 937 g/mol. The summed E-state index contributed by atoms with van der Waals surface area (Å²) in [6.45, 7) is 6.28. The quantitative estimate of drug-likeness (QED) is 0.0261. The van der Waals surface area contributed by atoms with E-state index in [2.05, 4.69) is 179 Å². The summed E-state index contributed by atoms with van der Waals surface area (Å²) in [7, 11) is 0. The Kier molecular flexibility index (Phi) is 58.0. The van der Waals surface area contributed by atoms with Crippen LogP contribution in [0.3, 0.4) is 0 Å². The van der Waals surface area contributed by atoms with Gasteiger partial charge < -0.3 is 14.2 Å². The van der Waals surface area contributed by atoms with Crippen LogP contribution in [-0.4, -0.2) is 37.2 Å². The van der Waals surface area contributed by atoms with Crippen LogP contribution in [0.1, 0.15) is 233 Å². The van der Waals surface area contributed by atoms with Gasteiger partial charge in [-0.05, 0) is 116 Å². The molecule has 76 heavy (non-hydrogen) atoms. The molecule has 0 aromatic heterocycles. The Labute approximate surface area is 466 Å². The van der Waals surface area contributed by atoms with Gasteiger partial charge in [-0.25, -0.2) is 0 Å². The fourth-order valence-corrected chi connectivity index (χ4v) is 7.57. The lowest BCUT2D eigenvalue weighted by molar-refractivity contribution is -0.166. The van der Waals surface area contributed by atoms with E-state index in [1.54, 1.807) is 6.08 Å². The zero-order valence-corrected chi connectivity index (χ0v) is 48.4. The van der Waals surface area contributed by atoms with E-state index in [9.17, 15) is 14.4 Å². The molecule has 0 saturated carbocycles. The molecule has 0 fully saturated rings. The minimum Gasteiger partial charge on any atom is -0.462 e. The van der Waals surface area contributed by atoms with E-state index in [4.69, 9.17) is 14.2 Å². The zero-order chi connectivity index (χ0) is 55.0. The summed E-state index contributed by atoms with van der Waals surface area (Å²) in [5.74, 6) is -1.09. The molecule has 0 aromatic carbocycles. The van der Waals surface area contributed by atoms with Gasteiger partial charge in [0.2, 0.25) is 0 Å². The standard InChI is InChI=1S/C70H108O6/c1-4-7-10-13-16-19-22-24-26-27-28-29-30-31-32-33-34-35-36-37-38-39-40-41-42-43-45-46-48-51-54-57-60-63-69(72)75-66-67(65-74-68(71)62-59-56-53-50-21-18-15-12-9-6-3)76-70(73)64-61-58-55-52-49-47-44-25-23-20-17-14-11-8-5-2/h7-8,10-11,16-17,19-20,24-26,28-29,31-32,34-35,37-38,40-41,43-45,49,52,58,61,67H,4-6,9,12-15,18,21-23,27,30,33,36,39,42,46-48,50-51,53-57,59-60,62-66H2,1-3H3/b10-7-,11-8-,19-16-,20-17-,26-24-,29-28-,32-31-,35-34-,38-37-,41-40-,44-25-,45-43-,52-49-,61-58-. The van der Waals surface area contributed by atoms with Crippen molar-refractivity contribution in [3.05, 3.63) is 170 Å². The molecule has 0 amide bonds. The monoisotopic (exact) mass is 1040 g/mol. The third-order valence-electron chi connectivity index (χ3n) is 12.0. The van der Waals surface area contributed by atoms with Crippen LogP contribution in [0.4, 0.5) is 0 Å². The molecule has 0 aromatic rings. The normalized spacial score (nSPS) is 13.4. The maximum atomic E-state index is 12.8. The molecule has 0 bridgehead atoms. The lowest BCUT2D eigenvalue weighted by Gasteiger charge is -2.18. The van der Waals surface area contributed by atoms with Gasteiger partial charge in [0.15, 0.2) is 6.10 Å². The number of allylic oxidation sites excluding steroid dienone is 27. The number of hydrogen-bond acceptors (Lipinski definition) is 6. The van der Waals surface area contributed by atoms with Gasteiger partial charge in [-0.15, -0.1) is 0 Å². The molecule has 0 heterocycles. The number of carbonyl (C=O) groups is 3. The molecule has 1 atom stereocenters. The third-order valence-corrected chi connectivity index (χ3v) is 12.0. The largest absolute Gasteiger partial charge is 0.462 e. The van der Waals surface area contributed by atoms with E-state index in [-0.39, 0.29) is 31.6 Å². The van der Waals surface area contributed by atoms with Crippen LogP contribution in [0.25, 0.3) is 0 Å². The van der Waals surface area contributed by atoms with Gasteiger partial charge in [-0.2, -0.15) is 0 Å². The van der Waals surface area contributed by atoms with E-state index >= 15 is 0 Å². The maximum absolute atomic E-state index is 12.8. The minimum absolute atomic E-state index is 0.0858. The molecule has 0 spiro atoms. The Balaban J connectivity index is 4.36. The summed E-state index contributed by atoms with van der Waals surface area (Å²) in [5, 5.41) is 0. The fraction of sp³-hybridized carbons (Fsp3) is 0.557. The molecule has 0 radical (unpaired) electrons. The van der Waals surface area contributed by atoms with Gasteiger partial charge in [-0.1, -0.05) is 268 Å². The first-order chi connectivity index (χ1) is 37.5. The SMILES string of the molecule is CC/C=C\C/C=C\C/C=C\C/C=C\C/C=C\C/C=C\C/C=C\C/C=C\C/C=C\CCCCCCCC(=O)OCC(COC(=O)CCCCCCCCCCCC)OC(=O)C/C=C\C/C=C\C/C=C\C/C=C\C/C=C\CC. The predicted octanol–water partition coefficient (Wildman–Crippen LogP) is 20.7. The number of unbranched alkanes of at least 4 members (excludes halogenated alkanes) is 14. The second-order valence-corrected chi connectivity index (χ2v) is 19.2. The van der Waals surface area contributed by atoms with Crippen molar-refractivity contribution in [2.45, 2.75) is 239 Å². The molecule has 0 aliphatic rings. The van der Waals surface area contributed by atoms with Crippen LogP contribution >= 0.6 is 0 Å². The van der Waals surface area contributed by atoms with Crippen LogP contribution < -0.4 is 0 Å². The molecule has 6 heteroatoms. The topological polar surface area (TPSA) is 78.9 Å². The molecule has 0 aliphatic carbocycles. The third kappa shape index (κ3) is 59.6. The van der Waals surface area contributed by atoms with Crippen molar-refractivity contribution in [3.63, 3.8) is 0 Å². The van der Waals surface area contributed by atoms with E-state index in [0.29, 0.717) is 19.3 Å². The number of esters is 3. The summed E-state index contributed by atoms with van der Waals surface area (Å²) in [5.41, 5.74) is 0. The van der Waals surface area contributed by atoms with Crippen LogP contribution in [-0.2, 0) is 28.6 Å². The fourth-order valence-electron chi connectivity index (χ4n) is 7.57. The van der Waals surface area contributed by atoms with Crippen molar-refractivity contribution in [2.75, 3.05) is 13.2 Å². The van der Waals surface area contributed by atoms with Crippen LogP contribution in [0, 0.1) is 0 Å². The van der Waals surface area contributed by atoms with Gasteiger partial charge in [0.25, 0.3) is 0 Å².